The van der Waals surface area contributed by atoms with Crippen LogP contribution in [0.25, 0.3) is 0 Å². The number of nitrogens with one attached hydrogen (secondary N) is 3. The molecule has 0 bridgehead atoms. The predicted octanol–water partition coefficient (Wildman–Crippen LogP) is 5.02. The number of hydrogen-bond acceptors (Lipinski definition) is 13. The number of amides is 12. The number of ether oxygens (including phenoxy) is 1. The predicted molar refractivity (Wildman–Crippen MR) is 368 cm³/mol. The second-order valence-corrected chi connectivity index (χ2v) is 30.1. The van der Waals surface area contributed by atoms with Crippen molar-refractivity contribution in [2.45, 2.75) is 222 Å². The Labute approximate surface area is 597 Å². The van der Waals surface area contributed by atoms with Gasteiger partial charge in [-0.15, -0.1) is 0 Å². The van der Waals surface area contributed by atoms with Crippen LogP contribution in [0.2, 0.25) is 5.02 Å². The van der Waals surface area contributed by atoms with Gasteiger partial charge in [-0.3, -0.25) is 57.5 Å². The third-order valence-corrected chi connectivity index (χ3v) is 23.1. The van der Waals surface area contributed by atoms with Gasteiger partial charge in [0.25, 0.3) is 0 Å². The molecule has 7 aliphatic rings. The highest BCUT2D eigenvalue weighted by Gasteiger charge is 2.52. The van der Waals surface area contributed by atoms with Crippen molar-refractivity contribution in [3.8, 4) is 0 Å². The van der Waals surface area contributed by atoms with Crippen LogP contribution in [-0.2, 0) is 74.9 Å². The van der Waals surface area contributed by atoms with Crippen molar-refractivity contribution in [3.63, 3.8) is 0 Å². The number of benzene rings is 1. The Bertz CT molecular complexity index is 3170. The van der Waals surface area contributed by atoms with Crippen molar-refractivity contribution in [2.75, 3.05) is 102 Å². The minimum absolute atomic E-state index is 0.0195. The number of halogens is 4. The van der Waals surface area contributed by atoms with Gasteiger partial charge in [-0.1, -0.05) is 109 Å². The first kappa shape index (κ1) is 79.6. The first-order valence-corrected chi connectivity index (χ1v) is 37.0. The summed E-state index contributed by atoms with van der Waals surface area (Å²) in [4.78, 5) is 191. The lowest BCUT2D eigenvalue weighted by Crippen LogP contribution is -2.65. The monoisotopic (exact) mass is 1440 g/mol. The number of aryl methyl sites for hydroxylation is 1. The number of carbonyl (C=O) groups excluding carboxylic acids is 12. The molecule has 0 unspecified atom stereocenters. The molecule has 12 amide bonds. The normalized spacial score (nSPS) is 27.6. The SMILES string of the molecule is CC[C@H](C)[C@@H]1NC(=O)[C@H](C2CCC2)N(C)C(=O)C[C@@H](C(=O)N2CCOCC2)N(C)C(=O)[C@H](C2CCCCC2)N(C)C(=O)C2(CCCC2)NC(=O)[C@@H]2CCCN2C(=O)[C@H](CCc2ccc(C(F)(F)F)c(Cl)c2)NC(=O)CN(C)C(=O)[C@H](CC2CCCCC2)N(C)C(=O)CN(C)C(=O)CN(C)C1=O. The van der Waals surface area contributed by atoms with Crippen molar-refractivity contribution in [2.24, 2.45) is 23.7 Å². The molecule has 3 heterocycles. The molecule has 7 fully saturated rings. The van der Waals surface area contributed by atoms with Gasteiger partial charge in [-0.2, -0.15) is 13.2 Å². The van der Waals surface area contributed by atoms with Crippen LogP contribution in [0.15, 0.2) is 18.2 Å². The lowest BCUT2D eigenvalue weighted by Gasteiger charge is -2.44. The smallest absolute Gasteiger partial charge is 0.378 e. The molecule has 0 aromatic heterocycles. The zero-order valence-electron chi connectivity index (χ0n) is 60.6. The largest absolute Gasteiger partial charge is 0.417 e. The molecule has 1 aromatic carbocycles. The van der Waals surface area contributed by atoms with E-state index in [2.05, 4.69) is 16.0 Å². The number of fused-ring (bicyclic) bond motifs is 1. The van der Waals surface area contributed by atoms with E-state index in [-0.39, 0.29) is 83.2 Å². The molecular weight excluding hydrogens is 1330 g/mol. The van der Waals surface area contributed by atoms with E-state index in [4.69, 9.17) is 16.3 Å². The summed E-state index contributed by atoms with van der Waals surface area (Å²) in [7, 11) is 10.0. The Hall–Kier alpha value is -7.10. The molecule has 25 nitrogen and oxygen atoms in total. The minimum Gasteiger partial charge on any atom is -0.378 e. The fourth-order valence-corrected chi connectivity index (χ4v) is 16.4. The molecule has 562 valence electrons. The zero-order chi connectivity index (χ0) is 73.8. The Morgan fingerprint density at radius 3 is 1.83 bits per heavy atom. The van der Waals surface area contributed by atoms with Gasteiger partial charge in [-0.25, -0.2) is 0 Å². The lowest BCUT2D eigenvalue weighted by atomic mass is 9.78. The second-order valence-electron chi connectivity index (χ2n) is 29.7. The zero-order valence-corrected chi connectivity index (χ0v) is 61.3. The van der Waals surface area contributed by atoms with Crippen LogP contribution in [0.4, 0.5) is 13.2 Å². The van der Waals surface area contributed by atoms with Gasteiger partial charge in [0.05, 0.1) is 49.9 Å². The van der Waals surface area contributed by atoms with Crippen LogP contribution in [0.1, 0.15) is 173 Å². The molecule has 1 spiro atoms. The molecule has 3 N–H and O–H groups in total. The number of carbonyl (C=O) groups is 12. The van der Waals surface area contributed by atoms with Gasteiger partial charge in [0.15, 0.2) is 0 Å². The first-order chi connectivity index (χ1) is 47.9. The molecule has 3 saturated heterocycles. The van der Waals surface area contributed by atoms with Crippen LogP contribution in [-0.4, -0.2) is 265 Å². The molecule has 0 radical (unpaired) electrons. The second kappa shape index (κ2) is 35.4. The highest BCUT2D eigenvalue weighted by Crippen LogP contribution is 2.39. The van der Waals surface area contributed by atoms with Gasteiger partial charge in [0, 0.05) is 69.0 Å². The van der Waals surface area contributed by atoms with E-state index in [1.54, 1.807) is 6.92 Å². The van der Waals surface area contributed by atoms with Crippen molar-refractivity contribution in [3.05, 3.63) is 34.3 Å². The third-order valence-electron chi connectivity index (χ3n) is 22.8. The number of likely N-dealkylation sites (N-methyl/N-ethyl adjacent to an activating group) is 7. The summed E-state index contributed by atoms with van der Waals surface area (Å²) >= 11 is 6.16. The maximum atomic E-state index is 15.8. The van der Waals surface area contributed by atoms with Crippen LogP contribution in [0, 0.1) is 23.7 Å². The molecule has 4 saturated carbocycles. The Kier molecular flexibility index (Phi) is 27.9. The Balaban J connectivity index is 1.17. The maximum Gasteiger partial charge on any atom is 0.417 e. The highest BCUT2D eigenvalue weighted by atomic mass is 35.5. The standard InChI is InChI=1S/C72H108ClF3N12O13/c1-10-45(2)60-68(98)82(5)43-58(91)80(3)44-59(92)83(6)54(40-46-21-13-11-14-22-46)66(96)81(4)42-56(89)77-52(31-29-47-28-30-50(51(73)39-47)72(74,75)76)65(95)88-34-20-27-53(88)63(93)79-71(32-17-18-33-71)70(100)86(9)62(49-23-15-12-16-24-49)69(99)84(7)55(67(97)87-35-37-101-38-36-87)41-57(90)85(8)61(64(94)78-60)48-25-19-26-48/h28,30,39,45-46,48-49,52-55,60-62H,10-27,29,31-38,40-44H2,1-9H3,(H,77,89)(H,78,94)(H,79,93)/t45-,52-,53-,54-,55-,60-,61-,62-/m0/s1. The van der Waals surface area contributed by atoms with Crippen LogP contribution in [0.5, 0.6) is 0 Å². The summed E-state index contributed by atoms with van der Waals surface area (Å²) in [6, 6.07) is -5.52. The minimum atomic E-state index is -4.76. The number of nitrogens with zero attached hydrogens (tertiary/aromatic N) is 9. The number of morpholine rings is 1. The van der Waals surface area contributed by atoms with E-state index < -0.39 is 173 Å². The van der Waals surface area contributed by atoms with E-state index in [1.165, 1.54) is 84.8 Å². The third kappa shape index (κ3) is 19.4. The topological polar surface area (TPSA) is 279 Å². The van der Waals surface area contributed by atoms with Crippen molar-refractivity contribution in [1.82, 2.24) is 60.0 Å². The first-order valence-electron chi connectivity index (χ1n) is 36.6. The van der Waals surface area contributed by atoms with E-state index in [0.29, 0.717) is 56.9 Å². The van der Waals surface area contributed by atoms with Crippen LogP contribution in [0.3, 0.4) is 0 Å². The molecule has 29 heteroatoms. The maximum absolute atomic E-state index is 15.8. The fourth-order valence-electron chi connectivity index (χ4n) is 16.1. The van der Waals surface area contributed by atoms with Gasteiger partial charge in [-0.05, 0) is 112 Å². The summed E-state index contributed by atoms with van der Waals surface area (Å²) in [5.41, 5.74) is -2.35. The molecule has 1 aromatic rings. The molecule has 8 rings (SSSR count). The van der Waals surface area contributed by atoms with Crippen LogP contribution >= 0.6 is 11.6 Å². The highest BCUT2D eigenvalue weighted by molar-refractivity contribution is 6.31. The van der Waals surface area contributed by atoms with E-state index in [0.717, 1.165) is 84.6 Å². The lowest BCUT2D eigenvalue weighted by molar-refractivity contribution is -0.158. The molecule has 3 aliphatic heterocycles. The summed E-state index contributed by atoms with van der Waals surface area (Å²) in [6.45, 7) is 2.70. The number of hydrogen-bond donors (Lipinski definition) is 3. The summed E-state index contributed by atoms with van der Waals surface area (Å²) in [6.07, 6.45) is 6.54. The summed E-state index contributed by atoms with van der Waals surface area (Å²) in [5.74, 6) is -8.91. The summed E-state index contributed by atoms with van der Waals surface area (Å²) < 4.78 is 47.3. The van der Waals surface area contributed by atoms with E-state index >= 15 is 28.8 Å². The Morgan fingerprint density at radius 1 is 0.624 bits per heavy atom. The average molecular weight is 1440 g/mol. The fraction of sp³-hybridized carbons (Fsp3) is 0.750. The van der Waals surface area contributed by atoms with Gasteiger partial charge >= 0.3 is 6.18 Å². The van der Waals surface area contributed by atoms with Gasteiger partial charge < -0.3 is 64.8 Å². The van der Waals surface area contributed by atoms with E-state index in [9.17, 15) is 41.9 Å². The molecular formula is C72H108ClF3N12O13. The van der Waals surface area contributed by atoms with Crippen molar-refractivity contribution in [1.29, 1.82) is 0 Å². The average Bonchev–Trinajstić information content (AvgIpc) is 1.76. The van der Waals surface area contributed by atoms with Gasteiger partial charge in [0.1, 0.15) is 47.8 Å². The quantitative estimate of drug-likeness (QED) is 0.278. The van der Waals surface area contributed by atoms with Crippen LogP contribution < -0.4 is 16.0 Å². The molecule has 4 aliphatic carbocycles. The number of alkyl halides is 3. The molecule has 101 heavy (non-hydrogen) atoms. The summed E-state index contributed by atoms with van der Waals surface area (Å²) in [5, 5.41) is 8.22. The van der Waals surface area contributed by atoms with E-state index in [1.807, 2.05) is 6.92 Å². The van der Waals surface area contributed by atoms with Gasteiger partial charge in [0.2, 0.25) is 70.9 Å². The Morgan fingerprint density at radius 2 is 1.23 bits per heavy atom. The van der Waals surface area contributed by atoms with Crippen molar-refractivity contribution >= 4 is 82.5 Å². The van der Waals surface area contributed by atoms with Crippen molar-refractivity contribution < 1.29 is 75.4 Å². The number of rotatable bonds is 10. The molecule has 8 atom stereocenters.